The van der Waals surface area contributed by atoms with E-state index in [9.17, 15) is 0 Å². The first-order valence-corrected chi connectivity index (χ1v) is 7.48. The largest absolute Gasteiger partial charge is 0.476 e. The molecule has 1 heterocycles. The van der Waals surface area contributed by atoms with Crippen molar-refractivity contribution in [3.05, 3.63) is 23.9 Å². The molecule has 0 bridgehead atoms. The van der Waals surface area contributed by atoms with E-state index in [4.69, 9.17) is 4.74 Å². The van der Waals surface area contributed by atoms with Crippen molar-refractivity contribution in [2.75, 3.05) is 20.2 Å². The summed E-state index contributed by atoms with van der Waals surface area (Å²) in [5.74, 6) is 0.724. The Hall–Kier alpha value is -1.13. The predicted octanol–water partition coefficient (Wildman–Crippen LogP) is 2.44. The van der Waals surface area contributed by atoms with Crippen LogP contribution in [0.1, 0.15) is 39.3 Å². The third-order valence-corrected chi connectivity index (χ3v) is 3.45. The van der Waals surface area contributed by atoms with Crippen molar-refractivity contribution in [3.8, 4) is 5.88 Å². The van der Waals surface area contributed by atoms with Gasteiger partial charge in [0.15, 0.2) is 0 Å². The van der Waals surface area contributed by atoms with E-state index in [0.717, 1.165) is 30.7 Å². The molecule has 1 saturated carbocycles. The molecule has 1 aromatic rings. The third kappa shape index (κ3) is 5.47. The molecule has 0 atom stereocenters. The third-order valence-electron chi connectivity index (χ3n) is 3.45. The van der Waals surface area contributed by atoms with E-state index in [0.29, 0.717) is 6.61 Å². The monoisotopic (exact) mass is 277 g/mol. The summed E-state index contributed by atoms with van der Waals surface area (Å²) in [5, 5.41) is 3.44. The van der Waals surface area contributed by atoms with E-state index in [1.165, 1.54) is 12.8 Å². The Kier molecular flexibility index (Phi) is 5.00. The van der Waals surface area contributed by atoms with Crippen molar-refractivity contribution in [1.29, 1.82) is 0 Å². The molecular weight excluding hydrogens is 250 g/mol. The Morgan fingerprint density at radius 2 is 2.10 bits per heavy atom. The number of pyridine rings is 1. The Balaban J connectivity index is 1.76. The van der Waals surface area contributed by atoms with Gasteiger partial charge in [-0.1, -0.05) is 6.07 Å². The van der Waals surface area contributed by atoms with Crippen molar-refractivity contribution in [1.82, 2.24) is 15.2 Å². The van der Waals surface area contributed by atoms with Crippen molar-refractivity contribution < 1.29 is 4.74 Å². The molecule has 1 aromatic heterocycles. The van der Waals surface area contributed by atoms with Gasteiger partial charge in [-0.2, -0.15) is 0 Å². The van der Waals surface area contributed by atoms with Crippen molar-refractivity contribution in [2.24, 2.45) is 0 Å². The second-order valence-electron chi connectivity index (χ2n) is 6.63. The van der Waals surface area contributed by atoms with Crippen LogP contribution in [0.4, 0.5) is 0 Å². The highest BCUT2D eigenvalue weighted by molar-refractivity contribution is 5.15. The molecule has 0 spiro atoms. The van der Waals surface area contributed by atoms with Crippen LogP contribution in [0.3, 0.4) is 0 Å². The van der Waals surface area contributed by atoms with E-state index < -0.39 is 0 Å². The zero-order chi connectivity index (χ0) is 14.6. The van der Waals surface area contributed by atoms with Crippen LogP contribution >= 0.6 is 0 Å². The second-order valence-corrected chi connectivity index (χ2v) is 6.63. The quantitative estimate of drug-likeness (QED) is 0.830. The van der Waals surface area contributed by atoms with Gasteiger partial charge in [0.25, 0.3) is 0 Å². The summed E-state index contributed by atoms with van der Waals surface area (Å²) in [5.41, 5.74) is 1.12. The van der Waals surface area contributed by atoms with Crippen LogP contribution in [0.25, 0.3) is 0 Å². The summed E-state index contributed by atoms with van der Waals surface area (Å²) < 4.78 is 5.75. The standard InChI is InChI=1S/C16H27N3O/c1-16(2,3)17-12-13-6-5-7-15(18-13)20-11-10-19(4)14-8-9-14/h5-7,14,17H,8-12H2,1-4H3. The maximum Gasteiger partial charge on any atom is 0.213 e. The normalized spacial score (nSPS) is 15.7. The SMILES string of the molecule is CN(CCOc1cccc(CNC(C)(C)C)n1)C1CC1. The Morgan fingerprint density at radius 1 is 1.35 bits per heavy atom. The highest BCUT2D eigenvalue weighted by Gasteiger charge is 2.25. The van der Waals surface area contributed by atoms with Crippen molar-refractivity contribution >= 4 is 0 Å². The number of likely N-dealkylation sites (N-methyl/N-ethyl adjacent to an activating group) is 1. The van der Waals surface area contributed by atoms with Gasteiger partial charge in [0, 0.05) is 30.7 Å². The number of nitrogens with zero attached hydrogens (tertiary/aromatic N) is 2. The maximum absolute atomic E-state index is 5.75. The second kappa shape index (κ2) is 6.55. The van der Waals surface area contributed by atoms with Gasteiger partial charge < -0.3 is 15.0 Å². The summed E-state index contributed by atoms with van der Waals surface area (Å²) in [7, 11) is 2.16. The molecule has 20 heavy (non-hydrogen) atoms. The van der Waals surface area contributed by atoms with Crippen molar-refractivity contribution in [3.63, 3.8) is 0 Å². The van der Waals surface area contributed by atoms with Crippen LogP contribution in [0.5, 0.6) is 5.88 Å². The Morgan fingerprint density at radius 3 is 2.75 bits per heavy atom. The van der Waals surface area contributed by atoms with Gasteiger partial charge in [-0.25, -0.2) is 4.98 Å². The molecule has 0 amide bonds. The van der Waals surface area contributed by atoms with Crippen LogP contribution in [0.15, 0.2) is 18.2 Å². The summed E-state index contributed by atoms with van der Waals surface area (Å²) in [6.45, 7) is 8.90. The van der Waals surface area contributed by atoms with Crippen LogP contribution in [-0.4, -0.2) is 41.7 Å². The van der Waals surface area contributed by atoms with Crippen molar-refractivity contribution in [2.45, 2.75) is 51.7 Å². The fraction of sp³-hybridized carbons (Fsp3) is 0.688. The lowest BCUT2D eigenvalue weighted by molar-refractivity contribution is 0.226. The summed E-state index contributed by atoms with van der Waals surface area (Å²) >= 11 is 0. The van der Waals surface area contributed by atoms with Crippen LogP contribution < -0.4 is 10.1 Å². The topological polar surface area (TPSA) is 37.4 Å². The minimum absolute atomic E-state index is 0.103. The van der Waals surface area contributed by atoms with Gasteiger partial charge in [0.05, 0.1) is 5.69 Å². The number of hydrogen-bond acceptors (Lipinski definition) is 4. The van der Waals surface area contributed by atoms with Gasteiger partial charge in [0.1, 0.15) is 6.61 Å². The minimum Gasteiger partial charge on any atom is -0.476 e. The lowest BCUT2D eigenvalue weighted by atomic mass is 10.1. The molecule has 0 aromatic carbocycles. The Labute approximate surface area is 122 Å². The fourth-order valence-electron chi connectivity index (χ4n) is 1.98. The molecule has 0 unspecified atom stereocenters. The molecule has 0 radical (unpaired) electrons. The van der Waals surface area contributed by atoms with Crippen LogP contribution in [-0.2, 0) is 6.54 Å². The van der Waals surface area contributed by atoms with E-state index in [-0.39, 0.29) is 5.54 Å². The zero-order valence-electron chi connectivity index (χ0n) is 13.1. The lowest BCUT2D eigenvalue weighted by Crippen LogP contribution is -2.35. The van der Waals surface area contributed by atoms with Gasteiger partial charge in [-0.05, 0) is 46.7 Å². The molecule has 1 aliphatic carbocycles. The van der Waals surface area contributed by atoms with Gasteiger partial charge in [-0.15, -0.1) is 0 Å². The summed E-state index contributed by atoms with van der Waals surface area (Å²) in [6.07, 6.45) is 2.67. The number of aromatic nitrogens is 1. The first kappa shape index (κ1) is 15.3. The van der Waals surface area contributed by atoms with Gasteiger partial charge in [-0.3, -0.25) is 0 Å². The molecule has 112 valence electrons. The molecule has 0 aliphatic heterocycles. The zero-order valence-corrected chi connectivity index (χ0v) is 13.1. The fourth-order valence-corrected chi connectivity index (χ4v) is 1.98. The smallest absolute Gasteiger partial charge is 0.213 e. The molecule has 4 nitrogen and oxygen atoms in total. The molecule has 2 rings (SSSR count). The van der Waals surface area contributed by atoms with Gasteiger partial charge in [0.2, 0.25) is 5.88 Å². The Bertz CT molecular complexity index is 424. The first-order chi connectivity index (χ1) is 9.44. The first-order valence-electron chi connectivity index (χ1n) is 7.48. The number of hydrogen-bond donors (Lipinski definition) is 1. The van der Waals surface area contributed by atoms with E-state index in [2.05, 4.69) is 43.0 Å². The van der Waals surface area contributed by atoms with E-state index in [1.54, 1.807) is 0 Å². The van der Waals surface area contributed by atoms with Crippen LogP contribution in [0.2, 0.25) is 0 Å². The van der Waals surface area contributed by atoms with E-state index >= 15 is 0 Å². The van der Waals surface area contributed by atoms with E-state index in [1.807, 2.05) is 18.2 Å². The molecular formula is C16H27N3O. The highest BCUT2D eigenvalue weighted by atomic mass is 16.5. The predicted molar refractivity (Wildman–Crippen MR) is 82.0 cm³/mol. The molecule has 1 N–H and O–H groups in total. The molecule has 1 fully saturated rings. The summed E-state index contributed by atoms with van der Waals surface area (Å²) in [6, 6.07) is 6.75. The number of ether oxygens (including phenoxy) is 1. The highest BCUT2D eigenvalue weighted by Crippen LogP contribution is 2.24. The average Bonchev–Trinajstić information content (AvgIpc) is 3.20. The minimum atomic E-state index is 0.103. The molecule has 0 saturated heterocycles. The average molecular weight is 277 g/mol. The van der Waals surface area contributed by atoms with Gasteiger partial charge >= 0.3 is 0 Å². The lowest BCUT2D eigenvalue weighted by Gasteiger charge is -2.20. The summed E-state index contributed by atoms with van der Waals surface area (Å²) in [4.78, 5) is 6.90. The molecule has 4 heteroatoms. The maximum atomic E-state index is 5.75. The number of rotatable bonds is 7. The molecule has 1 aliphatic rings. The number of nitrogens with one attached hydrogen (secondary N) is 1. The van der Waals surface area contributed by atoms with Crippen LogP contribution in [0, 0.1) is 0 Å².